The lowest BCUT2D eigenvalue weighted by Crippen LogP contribution is -2.30. The number of anilines is 1. The lowest BCUT2D eigenvalue weighted by Gasteiger charge is -2.24. The van der Waals surface area contributed by atoms with Gasteiger partial charge in [0.1, 0.15) is 12.4 Å². The van der Waals surface area contributed by atoms with Gasteiger partial charge in [-0.15, -0.1) is 11.8 Å². The van der Waals surface area contributed by atoms with Crippen molar-refractivity contribution in [1.82, 2.24) is 5.32 Å². The summed E-state index contributed by atoms with van der Waals surface area (Å²) in [6.07, 6.45) is 3.10. The van der Waals surface area contributed by atoms with E-state index >= 15 is 0 Å². The molecule has 3 rings (SSSR count). The van der Waals surface area contributed by atoms with Crippen LogP contribution in [0.15, 0.2) is 77.7 Å². The van der Waals surface area contributed by atoms with Gasteiger partial charge in [0.25, 0.3) is 5.91 Å². The molecule has 0 aromatic heterocycles. The minimum absolute atomic E-state index is 0.171. The molecule has 0 aliphatic heterocycles. The molecular weight excluding hydrogens is 480 g/mol. The first-order chi connectivity index (χ1) is 15.8. The highest BCUT2D eigenvalue weighted by atomic mass is 35.5. The van der Waals surface area contributed by atoms with Crippen molar-refractivity contribution >= 4 is 45.0 Å². The van der Waals surface area contributed by atoms with Crippen molar-refractivity contribution in [3.63, 3.8) is 0 Å². The molecule has 0 spiro atoms. The van der Waals surface area contributed by atoms with E-state index in [2.05, 4.69) is 5.32 Å². The first-order valence-electron chi connectivity index (χ1n) is 10.1. The summed E-state index contributed by atoms with van der Waals surface area (Å²) < 4.78 is 31.9. The van der Waals surface area contributed by atoms with Crippen molar-refractivity contribution in [2.24, 2.45) is 0 Å². The second kappa shape index (κ2) is 11.4. The topological polar surface area (TPSA) is 75.7 Å². The molecule has 3 aromatic rings. The Morgan fingerprint density at radius 3 is 2.36 bits per heavy atom. The van der Waals surface area contributed by atoms with Crippen molar-refractivity contribution in [2.45, 2.75) is 11.4 Å². The summed E-state index contributed by atoms with van der Waals surface area (Å²) in [5.74, 6) is 0.327. The molecule has 3 aromatic carbocycles. The number of thioether (sulfide) groups is 1. The van der Waals surface area contributed by atoms with Crippen molar-refractivity contribution in [3.05, 3.63) is 88.9 Å². The maximum Gasteiger partial charge on any atom is 0.251 e. The highest BCUT2D eigenvalue weighted by Gasteiger charge is 2.20. The Labute approximate surface area is 204 Å². The summed E-state index contributed by atoms with van der Waals surface area (Å²) >= 11 is 7.53. The Balaban J connectivity index is 1.61. The second-order valence-electron chi connectivity index (χ2n) is 7.17. The summed E-state index contributed by atoms with van der Waals surface area (Å²) in [6, 6.07) is 21.4. The van der Waals surface area contributed by atoms with E-state index in [0.717, 1.165) is 10.5 Å². The van der Waals surface area contributed by atoms with E-state index in [1.807, 2.05) is 36.6 Å². The summed E-state index contributed by atoms with van der Waals surface area (Å²) in [5.41, 5.74) is 1.88. The second-order valence-corrected chi connectivity index (χ2v) is 10.3. The zero-order valence-corrected chi connectivity index (χ0v) is 20.7. The lowest BCUT2D eigenvalue weighted by molar-refractivity contribution is 0.0947. The van der Waals surface area contributed by atoms with Gasteiger partial charge in [0.05, 0.1) is 30.1 Å². The number of benzene rings is 3. The van der Waals surface area contributed by atoms with E-state index in [0.29, 0.717) is 28.6 Å². The van der Waals surface area contributed by atoms with E-state index in [1.165, 1.54) is 22.3 Å². The minimum atomic E-state index is -3.50. The number of amides is 1. The summed E-state index contributed by atoms with van der Waals surface area (Å²) in [4.78, 5) is 13.3. The summed E-state index contributed by atoms with van der Waals surface area (Å²) in [6.45, 7) is 0.773. The van der Waals surface area contributed by atoms with Crippen molar-refractivity contribution in [1.29, 1.82) is 0 Å². The van der Waals surface area contributed by atoms with Crippen LogP contribution in [0.5, 0.6) is 5.75 Å². The highest BCUT2D eigenvalue weighted by Crippen LogP contribution is 2.31. The van der Waals surface area contributed by atoms with E-state index in [9.17, 15) is 13.2 Å². The number of hydrogen-bond acceptors (Lipinski definition) is 5. The average Bonchev–Trinajstić information content (AvgIpc) is 2.81. The third-order valence-electron chi connectivity index (χ3n) is 4.78. The number of rotatable bonds is 10. The predicted molar refractivity (Wildman–Crippen MR) is 135 cm³/mol. The molecule has 6 nitrogen and oxygen atoms in total. The van der Waals surface area contributed by atoms with Gasteiger partial charge >= 0.3 is 0 Å². The maximum absolute atomic E-state index is 12.5. The third kappa shape index (κ3) is 6.90. The van der Waals surface area contributed by atoms with Gasteiger partial charge < -0.3 is 10.1 Å². The number of carbonyl (C=O) groups excluding carboxylic acids is 1. The van der Waals surface area contributed by atoms with Gasteiger partial charge in [0.15, 0.2) is 0 Å². The number of nitrogens with one attached hydrogen (secondary N) is 1. The predicted octanol–water partition coefficient (Wildman–Crippen LogP) is 4.84. The van der Waals surface area contributed by atoms with E-state index < -0.39 is 10.0 Å². The molecule has 0 aliphatic rings. The minimum Gasteiger partial charge on any atom is -0.490 e. The average molecular weight is 505 g/mol. The molecule has 0 heterocycles. The normalized spacial score (nSPS) is 11.1. The number of hydrogen-bond donors (Lipinski definition) is 1. The molecule has 0 bridgehead atoms. The number of nitrogens with zero attached hydrogens (tertiary/aromatic N) is 1. The van der Waals surface area contributed by atoms with Crippen LogP contribution >= 0.6 is 23.4 Å². The highest BCUT2D eigenvalue weighted by molar-refractivity contribution is 7.99. The third-order valence-corrected chi connectivity index (χ3v) is 7.00. The fraction of sp³-hybridized carbons (Fsp3) is 0.208. The molecule has 0 aliphatic carbocycles. The summed E-state index contributed by atoms with van der Waals surface area (Å²) in [7, 11) is -3.50. The molecule has 9 heteroatoms. The molecule has 174 valence electrons. The van der Waals surface area contributed by atoms with Gasteiger partial charge in [-0.1, -0.05) is 48.0 Å². The van der Waals surface area contributed by atoms with Crippen molar-refractivity contribution in [3.8, 4) is 5.75 Å². The zero-order chi connectivity index (χ0) is 23.8. The van der Waals surface area contributed by atoms with Gasteiger partial charge in [-0.05, 0) is 48.2 Å². The standard InChI is InChI=1S/C24H25ClN2O4S2/c1-32-23-10-6-4-8-21(23)27(33(2,29)30)17-18-11-13-19(14-12-18)24(28)26-15-16-31-22-9-5-3-7-20(22)25/h3-14H,15-17H2,1-2H3,(H,26,28). The lowest BCUT2D eigenvalue weighted by atomic mass is 10.1. The van der Waals surface area contributed by atoms with Gasteiger partial charge in [-0.25, -0.2) is 8.42 Å². The van der Waals surface area contributed by atoms with Crippen molar-refractivity contribution < 1.29 is 17.9 Å². The van der Waals surface area contributed by atoms with Crippen molar-refractivity contribution in [2.75, 3.05) is 30.0 Å². The Kier molecular flexibility index (Phi) is 8.66. The van der Waals surface area contributed by atoms with Gasteiger partial charge in [0.2, 0.25) is 10.0 Å². The Hall–Kier alpha value is -2.68. The summed E-state index contributed by atoms with van der Waals surface area (Å²) in [5, 5.41) is 3.31. The van der Waals surface area contributed by atoms with E-state index in [1.54, 1.807) is 42.5 Å². The zero-order valence-electron chi connectivity index (χ0n) is 18.3. The van der Waals surface area contributed by atoms with Crippen LogP contribution < -0.4 is 14.4 Å². The fourth-order valence-corrected chi connectivity index (χ4v) is 4.88. The Bertz CT molecular complexity index is 1200. The number of halogens is 1. The molecule has 0 saturated carbocycles. The number of para-hydroxylation sites is 2. The van der Waals surface area contributed by atoms with Crippen LogP contribution in [-0.2, 0) is 16.6 Å². The maximum atomic E-state index is 12.5. The van der Waals surface area contributed by atoms with Crippen LogP contribution in [0.2, 0.25) is 5.02 Å². The largest absolute Gasteiger partial charge is 0.490 e. The molecule has 0 unspecified atom stereocenters. The van der Waals surface area contributed by atoms with Crippen LogP contribution in [-0.4, -0.2) is 40.0 Å². The van der Waals surface area contributed by atoms with Gasteiger partial charge in [-0.3, -0.25) is 9.10 Å². The molecule has 0 saturated heterocycles. The first kappa shape index (κ1) is 25.0. The van der Waals surface area contributed by atoms with Gasteiger partial charge in [0, 0.05) is 10.5 Å². The molecule has 0 atom stereocenters. The molecule has 1 amide bonds. The monoisotopic (exact) mass is 504 g/mol. The van der Waals surface area contributed by atoms with Crippen LogP contribution in [0.3, 0.4) is 0 Å². The van der Waals surface area contributed by atoms with Crippen LogP contribution in [0, 0.1) is 0 Å². The molecule has 0 radical (unpaired) electrons. The SMILES string of the molecule is CSc1ccccc1N(Cc1ccc(C(=O)NCCOc2ccccc2Cl)cc1)S(C)(=O)=O. The number of ether oxygens (including phenoxy) is 1. The Morgan fingerprint density at radius 2 is 1.70 bits per heavy atom. The smallest absolute Gasteiger partial charge is 0.251 e. The van der Waals surface area contributed by atoms with E-state index in [4.69, 9.17) is 16.3 Å². The first-order valence-corrected chi connectivity index (χ1v) is 13.6. The Morgan fingerprint density at radius 1 is 1.03 bits per heavy atom. The van der Waals surface area contributed by atoms with Crippen LogP contribution in [0.25, 0.3) is 0 Å². The number of sulfonamides is 1. The van der Waals surface area contributed by atoms with Crippen LogP contribution in [0.1, 0.15) is 15.9 Å². The van der Waals surface area contributed by atoms with Gasteiger partial charge in [-0.2, -0.15) is 0 Å². The molecule has 0 fully saturated rings. The van der Waals surface area contributed by atoms with Crippen LogP contribution in [0.4, 0.5) is 5.69 Å². The molecular formula is C24H25ClN2O4S2. The number of carbonyl (C=O) groups is 1. The molecule has 33 heavy (non-hydrogen) atoms. The molecule has 1 N–H and O–H groups in total. The fourth-order valence-electron chi connectivity index (χ4n) is 3.13. The quantitative estimate of drug-likeness (QED) is 0.316. The van der Waals surface area contributed by atoms with E-state index in [-0.39, 0.29) is 19.1 Å².